The molecule has 6 nitrogen and oxygen atoms in total. The molecule has 0 bridgehead atoms. The molecule has 0 aromatic heterocycles. The molecule has 2 fully saturated rings. The average molecular weight is 311 g/mol. The van der Waals surface area contributed by atoms with Gasteiger partial charge in [-0.25, -0.2) is 9.59 Å². The van der Waals surface area contributed by atoms with E-state index in [2.05, 4.69) is 4.90 Å². The molecule has 2 saturated heterocycles. The number of hydrogen-bond donors (Lipinski definition) is 1. The lowest BCUT2D eigenvalue weighted by Gasteiger charge is -2.23. The Morgan fingerprint density at radius 1 is 1.14 bits per heavy atom. The molecule has 0 radical (unpaired) electrons. The molecule has 0 aromatic rings. The van der Waals surface area contributed by atoms with E-state index in [1.54, 1.807) is 20.8 Å². The summed E-state index contributed by atoms with van der Waals surface area (Å²) in [6, 6.07) is 0.0746. The van der Waals surface area contributed by atoms with Gasteiger partial charge in [0.15, 0.2) is 0 Å². The molecule has 2 aliphatic heterocycles. The molecule has 0 saturated carbocycles. The number of aliphatic hydroxyl groups excluding tert-OH is 1. The number of nitrogens with zero attached hydrogens (tertiary/aromatic N) is 1. The van der Waals surface area contributed by atoms with Gasteiger partial charge in [-0.15, -0.1) is 0 Å². The SMILES string of the molecule is CCOC(=O)C(C(=O)OC[C@H]1CCN2CC[C@@H](O)[C@@H]12)=C(C)C. The van der Waals surface area contributed by atoms with Crippen LogP contribution in [0.2, 0.25) is 0 Å². The van der Waals surface area contributed by atoms with Crippen LogP contribution < -0.4 is 0 Å². The highest BCUT2D eigenvalue weighted by Gasteiger charge is 2.43. The normalized spacial score (nSPS) is 27.4. The molecule has 0 aromatic carbocycles. The van der Waals surface area contributed by atoms with Crippen molar-refractivity contribution in [3.05, 3.63) is 11.1 Å². The van der Waals surface area contributed by atoms with E-state index < -0.39 is 11.9 Å². The van der Waals surface area contributed by atoms with Crippen molar-refractivity contribution in [2.45, 2.75) is 45.8 Å². The molecule has 1 N–H and O–H groups in total. The Morgan fingerprint density at radius 2 is 1.77 bits per heavy atom. The van der Waals surface area contributed by atoms with E-state index in [4.69, 9.17) is 9.47 Å². The van der Waals surface area contributed by atoms with Crippen LogP contribution in [0.3, 0.4) is 0 Å². The van der Waals surface area contributed by atoms with Gasteiger partial charge in [0.25, 0.3) is 0 Å². The number of rotatable bonds is 5. The van der Waals surface area contributed by atoms with Crippen LogP contribution >= 0.6 is 0 Å². The fourth-order valence-corrected chi connectivity index (χ4v) is 3.37. The van der Waals surface area contributed by atoms with Crippen LogP contribution in [0.5, 0.6) is 0 Å². The fourth-order valence-electron chi connectivity index (χ4n) is 3.37. The van der Waals surface area contributed by atoms with Crippen molar-refractivity contribution in [3.63, 3.8) is 0 Å². The molecule has 124 valence electrons. The molecule has 6 heteroatoms. The Bertz CT molecular complexity index is 469. The third-order valence-corrected chi connectivity index (χ3v) is 4.41. The van der Waals surface area contributed by atoms with Crippen molar-refractivity contribution in [1.82, 2.24) is 4.90 Å². The number of hydrogen-bond acceptors (Lipinski definition) is 6. The van der Waals surface area contributed by atoms with E-state index in [0.717, 1.165) is 25.9 Å². The first-order chi connectivity index (χ1) is 10.5. The molecule has 0 aliphatic carbocycles. The van der Waals surface area contributed by atoms with Gasteiger partial charge in [0.1, 0.15) is 5.57 Å². The molecular formula is C16H25NO5. The standard InChI is InChI=1S/C16H25NO5/c1-4-21-15(19)13(10(2)3)16(20)22-9-11-5-7-17-8-6-12(18)14(11)17/h11-12,14,18H,4-9H2,1-3H3/t11-,12-,14-/m1/s1. The summed E-state index contributed by atoms with van der Waals surface area (Å²) in [5.74, 6) is -1.15. The number of carbonyl (C=O) groups is 2. The van der Waals surface area contributed by atoms with Crippen molar-refractivity contribution in [1.29, 1.82) is 0 Å². The summed E-state index contributed by atoms with van der Waals surface area (Å²) in [6.07, 6.45) is 1.33. The van der Waals surface area contributed by atoms with Crippen LogP contribution in [0.4, 0.5) is 0 Å². The summed E-state index contributed by atoms with van der Waals surface area (Å²) in [5, 5.41) is 10.0. The van der Waals surface area contributed by atoms with E-state index in [1.165, 1.54) is 0 Å². The van der Waals surface area contributed by atoms with Gasteiger partial charge in [-0.1, -0.05) is 5.57 Å². The molecule has 0 spiro atoms. The lowest BCUT2D eigenvalue weighted by molar-refractivity contribution is -0.148. The molecule has 22 heavy (non-hydrogen) atoms. The molecule has 2 rings (SSSR count). The third-order valence-electron chi connectivity index (χ3n) is 4.41. The Hall–Kier alpha value is -1.40. The first-order valence-corrected chi connectivity index (χ1v) is 7.89. The highest BCUT2D eigenvalue weighted by Crippen LogP contribution is 2.33. The second-order valence-electron chi connectivity index (χ2n) is 6.13. The zero-order chi connectivity index (χ0) is 16.3. The molecule has 0 unspecified atom stereocenters. The van der Waals surface area contributed by atoms with Gasteiger partial charge >= 0.3 is 11.9 Å². The third kappa shape index (κ3) is 3.50. The van der Waals surface area contributed by atoms with Crippen LogP contribution in [-0.4, -0.2) is 60.4 Å². The second kappa shape index (κ2) is 7.24. The van der Waals surface area contributed by atoms with E-state index >= 15 is 0 Å². The summed E-state index contributed by atoms with van der Waals surface area (Å²) in [5.41, 5.74) is 0.557. The number of fused-ring (bicyclic) bond motifs is 1. The van der Waals surface area contributed by atoms with E-state index in [9.17, 15) is 14.7 Å². The minimum Gasteiger partial charge on any atom is -0.462 e. The lowest BCUT2D eigenvalue weighted by atomic mass is 9.97. The quantitative estimate of drug-likeness (QED) is 0.352. The van der Waals surface area contributed by atoms with Crippen LogP contribution in [0.1, 0.15) is 33.6 Å². The van der Waals surface area contributed by atoms with E-state index in [-0.39, 0.29) is 36.9 Å². The van der Waals surface area contributed by atoms with Gasteiger partial charge in [-0.3, -0.25) is 4.90 Å². The van der Waals surface area contributed by atoms with Gasteiger partial charge in [0.05, 0.1) is 19.3 Å². The Balaban J connectivity index is 1.94. The first-order valence-electron chi connectivity index (χ1n) is 7.89. The maximum atomic E-state index is 12.2. The van der Waals surface area contributed by atoms with Crippen molar-refractivity contribution in [3.8, 4) is 0 Å². The van der Waals surface area contributed by atoms with E-state index in [1.807, 2.05) is 0 Å². The van der Waals surface area contributed by atoms with Gasteiger partial charge in [0, 0.05) is 18.5 Å². The number of ether oxygens (including phenoxy) is 2. The number of carbonyl (C=O) groups excluding carboxylic acids is 2. The van der Waals surface area contributed by atoms with Gasteiger partial charge in [-0.2, -0.15) is 0 Å². The van der Waals surface area contributed by atoms with Crippen LogP contribution in [0, 0.1) is 5.92 Å². The minimum atomic E-state index is -0.638. The highest BCUT2D eigenvalue weighted by molar-refractivity contribution is 6.14. The van der Waals surface area contributed by atoms with Crippen molar-refractivity contribution in [2.24, 2.45) is 5.92 Å². The smallest absolute Gasteiger partial charge is 0.345 e. The average Bonchev–Trinajstić information content (AvgIpc) is 3.00. The number of esters is 2. The fraction of sp³-hybridized carbons (Fsp3) is 0.750. The van der Waals surface area contributed by atoms with Gasteiger partial charge < -0.3 is 14.6 Å². The predicted octanol–water partition coefficient (Wildman–Crippen LogP) is 0.884. The minimum absolute atomic E-state index is 0.0244. The summed E-state index contributed by atoms with van der Waals surface area (Å²) >= 11 is 0. The van der Waals surface area contributed by atoms with Crippen molar-refractivity contribution < 1.29 is 24.2 Å². The zero-order valence-corrected chi connectivity index (χ0v) is 13.5. The molecular weight excluding hydrogens is 286 g/mol. The number of allylic oxidation sites excluding steroid dienone is 1. The van der Waals surface area contributed by atoms with Crippen LogP contribution in [-0.2, 0) is 19.1 Å². The summed E-state index contributed by atoms with van der Waals surface area (Å²) < 4.78 is 10.2. The molecule has 2 aliphatic rings. The zero-order valence-electron chi connectivity index (χ0n) is 13.5. The molecule has 3 atom stereocenters. The van der Waals surface area contributed by atoms with Crippen LogP contribution in [0.15, 0.2) is 11.1 Å². The Morgan fingerprint density at radius 3 is 2.41 bits per heavy atom. The molecule has 0 amide bonds. The van der Waals surface area contributed by atoms with Crippen molar-refractivity contribution in [2.75, 3.05) is 26.3 Å². The van der Waals surface area contributed by atoms with E-state index in [0.29, 0.717) is 5.57 Å². The molecule has 2 heterocycles. The largest absolute Gasteiger partial charge is 0.462 e. The van der Waals surface area contributed by atoms with Crippen LogP contribution in [0.25, 0.3) is 0 Å². The first kappa shape index (κ1) is 17.0. The Kier molecular flexibility index (Phi) is 5.58. The Labute approximate surface area is 131 Å². The predicted molar refractivity (Wildman–Crippen MR) is 80.1 cm³/mol. The lowest BCUT2D eigenvalue weighted by Crippen LogP contribution is -2.36. The van der Waals surface area contributed by atoms with Gasteiger partial charge in [-0.05, 0) is 40.2 Å². The maximum absolute atomic E-state index is 12.2. The monoisotopic (exact) mass is 311 g/mol. The van der Waals surface area contributed by atoms with Crippen molar-refractivity contribution >= 4 is 11.9 Å². The summed E-state index contributed by atoms with van der Waals surface area (Å²) in [4.78, 5) is 26.2. The topological polar surface area (TPSA) is 76.1 Å². The highest BCUT2D eigenvalue weighted by atomic mass is 16.6. The van der Waals surface area contributed by atoms with Gasteiger partial charge in [0.2, 0.25) is 0 Å². The summed E-state index contributed by atoms with van der Waals surface area (Å²) in [7, 11) is 0. The maximum Gasteiger partial charge on any atom is 0.345 e. The second-order valence-corrected chi connectivity index (χ2v) is 6.13. The summed E-state index contributed by atoms with van der Waals surface area (Å²) in [6.45, 7) is 7.34. The number of aliphatic hydroxyl groups is 1.